The van der Waals surface area contributed by atoms with Crippen LogP contribution in [0.3, 0.4) is 0 Å². The molecule has 4 rings (SSSR count). The molecule has 1 aliphatic rings. The number of carbonyl (C=O) groups is 2. The van der Waals surface area contributed by atoms with Crippen LogP contribution in [-0.2, 0) is 11.0 Å². The van der Waals surface area contributed by atoms with Crippen molar-refractivity contribution >= 4 is 29.0 Å². The molecule has 1 aromatic carbocycles. The quantitative estimate of drug-likeness (QED) is 0.558. The lowest BCUT2D eigenvalue weighted by Crippen LogP contribution is -2.43. The highest BCUT2D eigenvalue weighted by Crippen LogP contribution is 2.32. The van der Waals surface area contributed by atoms with Crippen molar-refractivity contribution in [2.24, 2.45) is 0 Å². The first-order valence-corrected chi connectivity index (χ1v) is 10.7. The molecule has 12 heteroatoms. The van der Waals surface area contributed by atoms with Crippen LogP contribution in [0.2, 0.25) is 0 Å². The molecule has 7 nitrogen and oxygen atoms in total. The number of aromatic nitrogens is 3. The highest BCUT2D eigenvalue weighted by molar-refractivity contribution is 7.15. The third-order valence-corrected chi connectivity index (χ3v) is 6.10. The Kier molecular flexibility index (Phi) is 6.11. The summed E-state index contributed by atoms with van der Waals surface area (Å²) in [6, 6.07) is 4.82. The molecule has 3 aromatic rings. The van der Waals surface area contributed by atoms with Crippen molar-refractivity contribution in [2.75, 3.05) is 18.4 Å². The van der Waals surface area contributed by atoms with E-state index in [0.717, 1.165) is 0 Å². The number of aryl methyl sites for hydroxylation is 1. The van der Waals surface area contributed by atoms with Crippen LogP contribution in [0.5, 0.6) is 0 Å². The molecule has 1 aliphatic heterocycles. The Morgan fingerprint density at radius 2 is 1.88 bits per heavy atom. The number of likely N-dealkylation sites (tertiary alicyclic amines) is 1. The van der Waals surface area contributed by atoms with E-state index in [-0.39, 0.29) is 36.9 Å². The molecule has 1 atom stereocenters. The van der Waals surface area contributed by atoms with E-state index < -0.39 is 29.5 Å². The fourth-order valence-electron chi connectivity index (χ4n) is 3.45. The Morgan fingerprint density at radius 3 is 2.52 bits per heavy atom. The van der Waals surface area contributed by atoms with Crippen molar-refractivity contribution in [3.63, 3.8) is 0 Å². The van der Waals surface area contributed by atoms with Gasteiger partial charge in [-0.3, -0.25) is 9.59 Å². The first-order chi connectivity index (χ1) is 15.6. The molecular formula is C21H17F4N5O2S. The summed E-state index contributed by atoms with van der Waals surface area (Å²) < 4.78 is 51.3. The average molecular weight is 479 g/mol. The molecule has 172 valence electrons. The van der Waals surface area contributed by atoms with Crippen LogP contribution in [0, 0.1) is 12.7 Å². The minimum Gasteiger partial charge on any atom is -0.352 e. The number of hydrogen-bond donors (Lipinski definition) is 1. The molecule has 33 heavy (non-hydrogen) atoms. The van der Waals surface area contributed by atoms with Gasteiger partial charge in [0.15, 0.2) is 5.78 Å². The summed E-state index contributed by atoms with van der Waals surface area (Å²) in [6.45, 7) is 1.85. The van der Waals surface area contributed by atoms with Gasteiger partial charge in [0, 0.05) is 31.9 Å². The number of thiazole rings is 1. The number of nitrogens with zero attached hydrogens (tertiary/aromatic N) is 4. The van der Waals surface area contributed by atoms with Gasteiger partial charge in [0.25, 0.3) is 5.91 Å². The van der Waals surface area contributed by atoms with Crippen molar-refractivity contribution in [1.29, 1.82) is 0 Å². The summed E-state index contributed by atoms with van der Waals surface area (Å²) in [4.78, 5) is 39.3. The van der Waals surface area contributed by atoms with Crippen LogP contribution in [0.4, 0.5) is 23.5 Å². The standard InChI is InChI=1S/C21H17F4N5O2S/c1-11-29-17(18(33-11)12-2-4-14(22)5-3-12)19(32)30-7-6-16(31)15(30)10-28-20-26-8-13(9-27-20)21(23,24)25/h2-5,8-9,15H,6-7,10H2,1H3,(H,26,27,28). The smallest absolute Gasteiger partial charge is 0.352 e. The Labute approximate surface area is 189 Å². The van der Waals surface area contributed by atoms with Gasteiger partial charge in [-0.1, -0.05) is 12.1 Å². The highest BCUT2D eigenvalue weighted by Gasteiger charge is 2.38. The molecule has 1 N–H and O–H groups in total. The molecule has 1 saturated heterocycles. The molecule has 1 unspecified atom stereocenters. The Morgan fingerprint density at radius 1 is 1.21 bits per heavy atom. The van der Waals surface area contributed by atoms with E-state index in [0.29, 0.717) is 27.8 Å². The van der Waals surface area contributed by atoms with Crippen molar-refractivity contribution in [3.8, 4) is 10.4 Å². The number of hydrogen-bond acceptors (Lipinski definition) is 7. The number of rotatable bonds is 5. The molecule has 3 heterocycles. The van der Waals surface area contributed by atoms with E-state index in [4.69, 9.17) is 0 Å². The van der Waals surface area contributed by atoms with Crippen molar-refractivity contribution in [2.45, 2.75) is 25.6 Å². The fraction of sp³-hybridized carbons (Fsp3) is 0.286. The molecule has 0 aliphatic carbocycles. The maximum atomic E-state index is 13.3. The second kappa shape index (κ2) is 8.85. The molecule has 0 bridgehead atoms. The Hall–Kier alpha value is -3.41. The lowest BCUT2D eigenvalue weighted by Gasteiger charge is -2.23. The third kappa shape index (κ3) is 4.85. The van der Waals surface area contributed by atoms with Crippen LogP contribution in [0.25, 0.3) is 10.4 Å². The summed E-state index contributed by atoms with van der Waals surface area (Å²) in [5, 5.41) is 3.36. The zero-order chi connectivity index (χ0) is 23.8. The van der Waals surface area contributed by atoms with Gasteiger partial charge in [-0.25, -0.2) is 19.3 Å². The van der Waals surface area contributed by atoms with Gasteiger partial charge >= 0.3 is 6.18 Å². The topological polar surface area (TPSA) is 88.1 Å². The predicted molar refractivity (Wildman–Crippen MR) is 112 cm³/mol. The van der Waals surface area contributed by atoms with Gasteiger partial charge in [-0.2, -0.15) is 13.2 Å². The molecular weight excluding hydrogens is 462 g/mol. The van der Waals surface area contributed by atoms with E-state index in [2.05, 4.69) is 20.3 Å². The van der Waals surface area contributed by atoms with Crippen LogP contribution in [0.15, 0.2) is 36.7 Å². The lowest BCUT2D eigenvalue weighted by atomic mass is 10.1. The first-order valence-electron chi connectivity index (χ1n) is 9.83. The van der Waals surface area contributed by atoms with Crippen LogP contribution >= 0.6 is 11.3 Å². The molecule has 2 aromatic heterocycles. The summed E-state index contributed by atoms with van der Waals surface area (Å²) >= 11 is 1.28. The Bertz CT molecular complexity index is 1180. The number of amides is 1. The van der Waals surface area contributed by atoms with E-state index in [9.17, 15) is 27.2 Å². The molecule has 0 saturated carbocycles. The predicted octanol–water partition coefficient (Wildman–Crippen LogP) is 3.96. The van der Waals surface area contributed by atoms with Gasteiger partial charge in [-0.15, -0.1) is 11.3 Å². The zero-order valence-electron chi connectivity index (χ0n) is 17.2. The number of Topliss-reactive ketones (excluding diaryl/α,β-unsaturated/α-hetero) is 1. The van der Waals surface area contributed by atoms with E-state index in [1.54, 1.807) is 19.1 Å². The second-order valence-electron chi connectivity index (χ2n) is 7.32. The van der Waals surface area contributed by atoms with Crippen LogP contribution < -0.4 is 5.32 Å². The third-order valence-electron chi connectivity index (χ3n) is 5.08. The minimum atomic E-state index is -4.56. The fourth-order valence-corrected chi connectivity index (χ4v) is 4.37. The molecule has 1 amide bonds. The van der Waals surface area contributed by atoms with Gasteiger partial charge < -0.3 is 10.2 Å². The van der Waals surface area contributed by atoms with Crippen molar-refractivity contribution in [1.82, 2.24) is 19.9 Å². The average Bonchev–Trinajstić information content (AvgIpc) is 3.34. The zero-order valence-corrected chi connectivity index (χ0v) is 18.0. The minimum absolute atomic E-state index is 0.0645. The largest absolute Gasteiger partial charge is 0.419 e. The maximum Gasteiger partial charge on any atom is 0.419 e. The SMILES string of the molecule is Cc1nc(C(=O)N2CCC(=O)C2CNc2ncc(C(F)(F)F)cn2)c(-c2ccc(F)cc2)s1. The normalized spacial score (nSPS) is 16.3. The molecule has 1 fully saturated rings. The van der Waals surface area contributed by atoms with E-state index >= 15 is 0 Å². The highest BCUT2D eigenvalue weighted by atomic mass is 32.1. The number of carbonyl (C=O) groups excluding carboxylic acids is 2. The summed E-state index contributed by atoms with van der Waals surface area (Å²) in [5.41, 5.74) is -0.202. The van der Waals surface area contributed by atoms with Crippen LogP contribution in [0.1, 0.15) is 27.5 Å². The number of halogens is 4. The maximum absolute atomic E-state index is 13.3. The van der Waals surface area contributed by atoms with Crippen LogP contribution in [-0.4, -0.2) is 50.7 Å². The number of benzene rings is 1. The summed E-state index contributed by atoms with van der Waals surface area (Å²) in [5.74, 6) is -1.15. The number of anilines is 1. The first kappa shape index (κ1) is 22.8. The van der Waals surface area contributed by atoms with Gasteiger partial charge in [0.2, 0.25) is 5.95 Å². The summed E-state index contributed by atoms with van der Waals surface area (Å²) in [7, 11) is 0. The monoisotopic (exact) mass is 479 g/mol. The van der Waals surface area contributed by atoms with Crippen molar-refractivity contribution in [3.05, 3.63) is 58.7 Å². The van der Waals surface area contributed by atoms with Gasteiger partial charge in [0.05, 0.1) is 15.4 Å². The Balaban J connectivity index is 1.52. The van der Waals surface area contributed by atoms with Gasteiger partial charge in [-0.05, 0) is 24.6 Å². The summed E-state index contributed by atoms with van der Waals surface area (Å²) in [6.07, 6.45) is -3.14. The molecule has 0 spiro atoms. The second-order valence-corrected chi connectivity index (χ2v) is 8.53. The van der Waals surface area contributed by atoms with E-state index in [1.165, 1.54) is 28.4 Å². The number of nitrogens with one attached hydrogen (secondary N) is 1. The number of ketones is 1. The molecule has 0 radical (unpaired) electrons. The number of alkyl halides is 3. The van der Waals surface area contributed by atoms with Gasteiger partial charge in [0.1, 0.15) is 17.6 Å². The van der Waals surface area contributed by atoms with E-state index in [1.807, 2.05) is 0 Å². The van der Waals surface area contributed by atoms with Crippen molar-refractivity contribution < 1.29 is 27.2 Å². The lowest BCUT2D eigenvalue weighted by molar-refractivity contribution is -0.138.